The van der Waals surface area contributed by atoms with Crippen molar-refractivity contribution in [1.82, 2.24) is 30.0 Å². The number of carbonyl (C=O) groups excluding carboxylic acids is 2. The molecule has 0 radical (unpaired) electrons. The summed E-state index contributed by atoms with van der Waals surface area (Å²) in [7, 11) is 3.31. The molecule has 2 heterocycles. The molecule has 0 unspecified atom stereocenters. The minimum Gasteiger partial charge on any atom is -0.323 e. The number of thioether (sulfide) groups is 1. The van der Waals surface area contributed by atoms with Gasteiger partial charge in [0.1, 0.15) is 0 Å². The number of nitro benzene ring substituents is 1. The highest BCUT2D eigenvalue weighted by atomic mass is 32.2. The molecule has 142 valence electrons. The van der Waals surface area contributed by atoms with Crippen LogP contribution < -0.4 is 0 Å². The molecule has 1 fully saturated rings. The third-order valence-corrected chi connectivity index (χ3v) is 5.29. The number of nitrogens with zero attached hydrogens (tertiary/aromatic N) is 7. The lowest BCUT2D eigenvalue weighted by atomic mass is 10.1. The molecular formula is C15H17N7O4S. The lowest BCUT2D eigenvalue weighted by molar-refractivity contribution is -0.384. The predicted molar refractivity (Wildman–Crippen MR) is 94.7 cm³/mol. The van der Waals surface area contributed by atoms with Crippen molar-refractivity contribution in [3.8, 4) is 0 Å². The number of likely N-dealkylation sites (tertiary alicyclic amines) is 1. The quantitative estimate of drug-likeness (QED) is 0.309. The summed E-state index contributed by atoms with van der Waals surface area (Å²) >= 11 is 1.38. The molecule has 1 aromatic carbocycles. The molecular weight excluding hydrogens is 374 g/mol. The van der Waals surface area contributed by atoms with Crippen molar-refractivity contribution >= 4 is 29.4 Å². The summed E-state index contributed by atoms with van der Waals surface area (Å²) in [5.74, 6) is 0.286. The van der Waals surface area contributed by atoms with Crippen LogP contribution in [0.15, 0.2) is 29.4 Å². The summed E-state index contributed by atoms with van der Waals surface area (Å²) in [6, 6.07) is 5.34. The molecule has 1 saturated heterocycles. The van der Waals surface area contributed by atoms with Crippen LogP contribution in [0.5, 0.6) is 0 Å². The maximum Gasteiger partial charge on any atom is 0.327 e. The zero-order chi connectivity index (χ0) is 19.6. The standard InChI is InChI=1S/C15H17N7O4S/c1-19(8-10-3-5-11(6-4-10)22(25)26)15(24)21-12(7-13(21)23)9-27-14-16-17-18-20(14)2/h3-6,12H,7-9H2,1-2H3/t12-/m1/s1. The van der Waals surface area contributed by atoms with Crippen molar-refractivity contribution in [2.75, 3.05) is 12.8 Å². The average Bonchev–Trinajstić information content (AvgIpc) is 3.03. The van der Waals surface area contributed by atoms with E-state index in [0.717, 1.165) is 5.56 Å². The first-order chi connectivity index (χ1) is 12.9. The van der Waals surface area contributed by atoms with Crippen LogP contribution in [-0.4, -0.2) is 65.7 Å². The first kappa shape index (κ1) is 18.8. The maximum absolute atomic E-state index is 12.6. The van der Waals surface area contributed by atoms with Crippen LogP contribution in [0.1, 0.15) is 12.0 Å². The number of rotatable bonds is 6. The molecule has 1 atom stereocenters. The number of carbonyl (C=O) groups is 2. The van der Waals surface area contributed by atoms with E-state index in [2.05, 4.69) is 15.5 Å². The number of aryl methyl sites for hydroxylation is 1. The van der Waals surface area contributed by atoms with E-state index in [9.17, 15) is 19.7 Å². The molecule has 11 nitrogen and oxygen atoms in total. The molecule has 0 saturated carbocycles. The van der Waals surface area contributed by atoms with Crippen LogP contribution in [0, 0.1) is 10.1 Å². The number of urea groups is 1. The molecule has 1 aromatic heterocycles. The molecule has 12 heteroatoms. The number of aromatic nitrogens is 4. The highest BCUT2D eigenvalue weighted by Gasteiger charge is 2.42. The number of imide groups is 1. The lowest BCUT2D eigenvalue weighted by Gasteiger charge is -2.40. The summed E-state index contributed by atoms with van der Waals surface area (Å²) in [6.45, 7) is 0.244. The summed E-state index contributed by atoms with van der Waals surface area (Å²) in [4.78, 5) is 37.4. The van der Waals surface area contributed by atoms with E-state index < -0.39 is 11.0 Å². The molecule has 3 amide bonds. The SMILES string of the molecule is CN(Cc1ccc([N+](=O)[O-])cc1)C(=O)N1C(=O)C[C@@H]1CSc1nnnn1C. The fraction of sp³-hybridized carbons (Fsp3) is 0.400. The highest BCUT2D eigenvalue weighted by molar-refractivity contribution is 7.99. The smallest absolute Gasteiger partial charge is 0.323 e. The second kappa shape index (κ2) is 7.70. The van der Waals surface area contributed by atoms with Crippen LogP contribution in [0.4, 0.5) is 10.5 Å². The Balaban J connectivity index is 1.58. The van der Waals surface area contributed by atoms with Gasteiger partial charge in [-0.15, -0.1) is 5.10 Å². The second-order valence-electron chi connectivity index (χ2n) is 6.08. The summed E-state index contributed by atoms with van der Waals surface area (Å²) in [6.07, 6.45) is 0.301. The molecule has 2 aromatic rings. The van der Waals surface area contributed by atoms with Crippen molar-refractivity contribution in [1.29, 1.82) is 0 Å². The Kier molecular flexibility index (Phi) is 5.35. The van der Waals surface area contributed by atoms with E-state index in [0.29, 0.717) is 17.3 Å². The zero-order valence-corrected chi connectivity index (χ0v) is 15.5. The van der Waals surface area contributed by atoms with Gasteiger partial charge in [0.15, 0.2) is 0 Å². The average molecular weight is 391 g/mol. The van der Waals surface area contributed by atoms with E-state index in [1.165, 1.54) is 38.4 Å². The Morgan fingerprint density at radius 1 is 1.41 bits per heavy atom. The van der Waals surface area contributed by atoms with Crippen molar-refractivity contribution in [2.45, 2.75) is 24.2 Å². The van der Waals surface area contributed by atoms with Gasteiger partial charge in [0.05, 0.1) is 11.0 Å². The van der Waals surface area contributed by atoms with E-state index in [4.69, 9.17) is 0 Å². The first-order valence-corrected chi connectivity index (χ1v) is 9.01. The summed E-state index contributed by atoms with van der Waals surface area (Å²) < 4.78 is 1.53. The van der Waals surface area contributed by atoms with Gasteiger partial charge in [0, 0.05) is 44.9 Å². The van der Waals surface area contributed by atoms with Gasteiger partial charge in [-0.2, -0.15) is 0 Å². The highest BCUT2D eigenvalue weighted by Crippen LogP contribution is 2.27. The number of amides is 3. The van der Waals surface area contributed by atoms with E-state index in [-0.39, 0.29) is 24.2 Å². The monoisotopic (exact) mass is 391 g/mol. The Hall–Kier alpha value is -3.02. The van der Waals surface area contributed by atoms with Crippen molar-refractivity contribution in [3.63, 3.8) is 0 Å². The Morgan fingerprint density at radius 2 is 2.11 bits per heavy atom. The molecule has 0 aliphatic carbocycles. The Bertz CT molecular complexity index is 869. The number of hydrogen-bond donors (Lipinski definition) is 0. The van der Waals surface area contributed by atoms with Gasteiger partial charge >= 0.3 is 6.03 Å². The molecule has 1 aliphatic heterocycles. The third kappa shape index (κ3) is 4.05. The van der Waals surface area contributed by atoms with Crippen LogP contribution >= 0.6 is 11.8 Å². The number of benzene rings is 1. The molecule has 0 spiro atoms. The van der Waals surface area contributed by atoms with E-state index in [1.54, 1.807) is 26.2 Å². The van der Waals surface area contributed by atoms with Crippen LogP contribution in [-0.2, 0) is 18.4 Å². The minimum absolute atomic E-state index is 0.0130. The van der Waals surface area contributed by atoms with Crippen LogP contribution in [0.2, 0.25) is 0 Å². The number of non-ortho nitro benzene ring substituents is 1. The Morgan fingerprint density at radius 3 is 2.67 bits per heavy atom. The molecule has 0 N–H and O–H groups in total. The Labute approximate surface area is 158 Å². The number of tetrazole rings is 1. The van der Waals surface area contributed by atoms with Crippen molar-refractivity contribution < 1.29 is 14.5 Å². The first-order valence-electron chi connectivity index (χ1n) is 8.02. The fourth-order valence-electron chi connectivity index (χ4n) is 2.64. The summed E-state index contributed by atoms with van der Waals surface area (Å²) in [5, 5.41) is 22.5. The fourth-order valence-corrected chi connectivity index (χ4v) is 3.57. The minimum atomic E-state index is -0.480. The molecule has 3 rings (SSSR count). The second-order valence-corrected chi connectivity index (χ2v) is 7.07. The zero-order valence-electron chi connectivity index (χ0n) is 14.7. The van der Waals surface area contributed by atoms with Gasteiger partial charge in [0.25, 0.3) is 5.69 Å². The largest absolute Gasteiger partial charge is 0.327 e. The van der Waals surface area contributed by atoms with Crippen molar-refractivity contribution in [3.05, 3.63) is 39.9 Å². The molecule has 1 aliphatic rings. The van der Waals surface area contributed by atoms with Gasteiger partial charge in [-0.1, -0.05) is 23.9 Å². The van der Waals surface area contributed by atoms with Gasteiger partial charge < -0.3 is 4.90 Å². The lowest BCUT2D eigenvalue weighted by Crippen LogP contribution is -2.59. The van der Waals surface area contributed by atoms with Crippen LogP contribution in [0.3, 0.4) is 0 Å². The third-order valence-electron chi connectivity index (χ3n) is 4.13. The topological polar surface area (TPSA) is 127 Å². The van der Waals surface area contributed by atoms with E-state index >= 15 is 0 Å². The maximum atomic E-state index is 12.6. The number of hydrogen-bond acceptors (Lipinski definition) is 8. The number of nitro groups is 1. The van der Waals surface area contributed by atoms with Gasteiger partial charge in [-0.25, -0.2) is 9.48 Å². The van der Waals surface area contributed by atoms with Gasteiger partial charge in [-0.3, -0.25) is 19.8 Å². The van der Waals surface area contributed by atoms with Crippen LogP contribution in [0.25, 0.3) is 0 Å². The predicted octanol–water partition coefficient (Wildman–Crippen LogP) is 1.06. The van der Waals surface area contributed by atoms with Gasteiger partial charge in [-0.05, 0) is 16.0 Å². The van der Waals surface area contributed by atoms with E-state index in [1.807, 2.05) is 0 Å². The van der Waals surface area contributed by atoms with Gasteiger partial charge in [0.2, 0.25) is 11.1 Å². The normalized spacial score (nSPS) is 16.1. The van der Waals surface area contributed by atoms with Crippen molar-refractivity contribution in [2.24, 2.45) is 7.05 Å². The number of β-lactam (4-membered cyclic amide) rings is 1. The molecule has 0 bridgehead atoms. The summed E-state index contributed by atoms with van der Waals surface area (Å²) in [5.41, 5.74) is 0.724. The molecule has 27 heavy (non-hydrogen) atoms.